The summed E-state index contributed by atoms with van der Waals surface area (Å²) in [7, 11) is 3.06. The van der Waals surface area contributed by atoms with Crippen LogP contribution in [0.5, 0.6) is 5.75 Å². The molecule has 0 bridgehead atoms. The average molecular weight is 451 g/mol. The Labute approximate surface area is 191 Å². The van der Waals surface area contributed by atoms with Crippen molar-refractivity contribution < 1.29 is 29.0 Å². The van der Waals surface area contributed by atoms with Gasteiger partial charge in [-0.15, -0.1) is 0 Å². The van der Waals surface area contributed by atoms with Crippen molar-refractivity contribution in [3.8, 4) is 16.9 Å². The highest BCUT2D eigenvalue weighted by Gasteiger charge is 2.39. The number of amides is 3. The molecule has 3 rings (SSSR count). The molecule has 33 heavy (non-hydrogen) atoms. The zero-order valence-corrected chi connectivity index (χ0v) is 18.6. The molecule has 0 saturated heterocycles. The number of ether oxygens (including phenoxy) is 1. The van der Waals surface area contributed by atoms with Crippen LogP contribution in [0, 0.1) is 6.92 Å². The van der Waals surface area contributed by atoms with Crippen molar-refractivity contribution in [3.63, 3.8) is 0 Å². The van der Waals surface area contributed by atoms with Gasteiger partial charge in [0.2, 0.25) is 0 Å². The lowest BCUT2D eigenvalue weighted by molar-refractivity contribution is -0.137. The summed E-state index contributed by atoms with van der Waals surface area (Å²) in [6, 6.07) is 10.5. The monoisotopic (exact) mass is 451 g/mol. The molecule has 0 fully saturated rings. The van der Waals surface area contributed by atoms with Crippen LogP contribution in [-0.2, 0) is 14.4 Å². The molecule has 2 aromatic carbocycles. The first-order chi connectivity index (χ1) is 15.7. The largest absolute Gasteiger partial charge is 0.497 e. The Hall–Kier alpha value is -4.14. The first-order valence-corrected chi connectivity index (χ1v) is 10.2. The molecule has 9 nitrogen and oxygen atoms in total. The first-order valence-electron chi connectivity index (χ1n) is 10.2. The Kier molecular flexibility index (Phi) is 7.12. The van der Waals surface area contributed by atoms with Crippen molar-refractivity contribution in [2.24, 2.45) is 0 Å². The summed E-state index contributed by atoms with van der Waals surface area (Å²) >= 11 is 0. The number of rotatable bonds is 7. The van der Waals surface area contributed by atoms with Gasteiger partial charge in [-0.25, -0.2) is 4.79 Å². The van der Waals surface area contributed by atoms with Gasteiger partial charge in [-0.3, -0.25) is 19.3 Å². The Morgan fingerprint density at radius 1 is 1.15 bits per heavy atom. The van der Waals surface area contributed by atoms with Gasteiger partial charge in [-0.2, -0.15) is 0 Å². The van der Waals surface area contributed by atoms with Gasteiger partial charge in [0, 0.05) is 31.6 Å². The fourth-order valence-corrected chi connectivity index (χ4v) is 3.52. The number of nitrogens with one attached hydrogen (secondary N) is 1. The fraction of sp³-hybridized carbons (Fsp3) is 0.250. The third-order valence-corrected chi connectivity index (χ3v) is 5.15. The number of carbonyl (C=O) groups excluding carboxylic acids is 3. The molecule has 1 aliphatic rings. The summed E-state index contributed by atoms with van der Waals surface area (Å²) in [5, 5.41) is 11.4. The number of carboxylic acids is 1. The maximum absolute atomic E-state index is 13.1. The lowest BCUT2D eigenvalue weighted by Gasteiger charge is -2.33. The maximum Gasteiger partial charge on any atom is 0.323 e. The lowest BCUT2D eigenvalue weighted by atomic mass is 10.00. The van der Waals surface area contributed by atoms with Crippen LogP contribution >= 0.6 is 0 Å². The van der Waals surface area contributed by atoms with E-state index in [0.717, 1.165) is 21.6 Å². The van der Waals surface area contributed by atoms with E-state index >= 15 is 0 Å². The van der Waals surface area contributed by atoms with Crippen molar-refractivity contribution in [1.82, 2.24) is 10.2 Å². The van der Waals surface area contributed by atoms with E-state index in [-0.39, 0.29) is 13.0 Å². The molecule has 0 radical (unpaired) electrons. The highest BCUT2D eigenvalue weighted by atomic mass is 16.5. The number of aryl methyl sites for hydroxylation is 1. The van der Waals surface area contributed by atoms with Gasteiger partial charge >= 0.3 is 12.0 Å². The van der Waals surface area contributed by atoms with E-state index in [1.165, 1.54) is 24.2 Å². The van der Waals surface area contributed by atoms with Crippen LogP contribution in [0.2, 0.25) is 0 Å². The normalized spacial score (nSPS) is 15.4. The van der Waals surface area contributed by atoms with E-state index < -0.39 is 29.7 Å². The van der Waals surface area contributed by atoms with Gasteiger partial charge in [-0.1, -0.05) is 18.2 Å². The highest BCUT2D eigenvalue weighted by molar-refractivity contribution is 6.19. The summed E-state index contributed by atoms with van der Waals surface area (Å²) in [4.78, 5) is 51.9. The minimum Gasteiger partial charge on any atom is -0.497 e. The number of anilines is 1. The van der Waals surface area contributed by atoms with E-state index in [1.54, 1.807) is 19.2 Å². The van der Waals surface area contributed by atoms with E-state index in [2.05, 4.69) is 5.32 Å². The minimum absolute atomic E-state index is 0.153. The summed E-state index contributed by atoms with van der Waals surface area (Å²) < 4.78 is 5.30. The Balaban J connectivity index is 2.08. The van der Waals surface area contributed by atoms with Crippen molar-refractivity contribution in [2.45, 2.75) is 19.4 Å². The van der Waals surface area contributed by atoms with Crippen LogP contribution in [0.1, 0.15) is 12.0 Å². The Bertz CT molecular complexity index is 1130. The number of nitrogens with zero attached hydrogens (tertiary/aromatic N) is 2. The number of methoxy groups -OCH3 is 1. The quantitative estimate of drug-likeness (QED) is 0.625. The van der Waals surface area contributed by atoms with Gasteiger partial charge in [0.1, 0.15) is 5.75 Å². The predicted molar refractivity (Wildman–Crippen MR) is 122 cm³/mol. The van der Waals surface area contributed by atoms with Crippen molar-refractivity contribution in [1.29, 1.82) is 0 Å². The molecule has 3 amide bonds. The molecular weight excluding hydrogens is 426 g/mol. The molecular formula is C24H25N3O6. The van der Waals surface area contributed by atoms with Gasteiger partial charge in [0.25, 0.3) is 5.91 Å². The topological polar surface area (TPSA) is 116 Å². The van der Waals surface area contributed by atoms with E-state index in [9.17, 15) is 19.2 Å². The fourth-order valence-electron chi connectivity index (χ4n) is 3.52. The van der Waals surface area contributed by atoms with Crippen molar-refractivity contribution in [3.05, 3.63) is 60.3 Å². The second-order valence-electron chi connectivity index (χ2n) is 7.60. The minimum atomic E-state index is -1.41. The number of carbonyl (C=O) groups is 4. The molecule has 2 aromatic rings. The summed E-state index contributed by atoms with van der Waals surface area (Å²) in [6.45, 7) is 1.68. The number of hydrogen-bond acceptors (Lipinski definition) is 5. The van der Waals surface area contributed by atoms with Crippen LogP contribution in [0.25, 0.3) is 11.1 Å². The standard InChI is InChI=1S/C24H25N3O6/c1-15-11-17(16-5-4-6-19(14-16)33-3)13-18(12-15)27(24(32)25-9-7-21(29)30)22-20(28)8-10-26(2)23(22)31/h4-6,8,10-14,22H,7,9H2,1-3H3,(H,25,32)(H,29,30). The third kappa shape index (κ3) is 5.38. The number of hydrogen-bond donors (Lipinski definition) is 2. The molecule has 1 unspecified atom stereocenters. The number of carboxylic acid groups (broad SMARTS) is 1. The van der Waals surface area contributed by atoms with Crippen molar-refractivity contribution >= 4 is 29.4 Å². The van der Waals surface area contributed by atoms with Gasteiger partial charge in [0.15, 0.2) is 11.8 Å². The smallest absolute Gasteiger partial charge is 0.323 e. The molecule has 0 spiro atoms. The number of ketones is 1. The molecule has 9 heteroatoms. The molecule has 1 atom stereocenters. The highest BCUT2D eigenvalue weighted by Crippen LogP contribution is 2.31. The Morgan fingerprint density at radius 3 is 2.61 bits per heavy atom. The second-order valence-corrected chi connectivity index (χ2v) is 7.60. The maximum atomic E-state index is 13.1. The number of likely N-dealkylation sites (N-methyl/N-ethyl adjacent to an activating group) is 1. The van der Waals surface area contributed by atoms with Crippen LogP contribution in [0.3, 0.4) is 0 Å². The van der Waals surface area contributed by atoms with Gasteiger partial charge in [-0.05, 0) is 47.9 Å². The van der Waals surface area contributed by atoms with E-state index in [4.69, 9.17) is 9.84 Å². The van der Waals surface area contributed by atoms with E-state index in [1.807, 2.05) is 37.3 Å². The summed E-state index contributed by atoms with van der Waals surface area (Å²) in [5.41, 5.74) is 2.71. The zero-order valence-electron chi connectivity index (χ0n) is 18.6. The molecule has 2 N–H and O–H groups in total. The molecule has 1 heterocycles. The first kappa shape index (κ1) is 23.5. The molecule has 172 valence electrons. The number of benzene rings is 2. The van der Waals surface area contributed by atoms with Crippen LogP contribution in [-0.4, -0.2) is 60.4 Å². The van der Waals surface area contributed by atoms with Gasteiger partial charge in [0.05, 0.1) is 13.5 Å². The lowest BCUT2D eigenvalue weighted by Crippen LogP contribution is -2.57. The van der Waals surface area contributed by atoms with Gasteiger partial charge < -0.3 is 20.1 Å². The molecule has 0 saturated carbocycles. The average Bonchev–Trinajstić information content (AvgIpc) is 2.78. The second kappa shape index (κ2) is 9.99. The van der Waals surface area contributed by atoms with Crippen molar-refractivity contribution in [2.75, 3.05) is 25.6 Å². The summed E-state index contributed by atoms with van der Waals surface area (Å²) in [5.74, 6) is -1.54. The molecule has 0 aliphatic carbocycles. The number of aliphatic carboxylic acids is 1. The van der Waals surface area contributed by atoms with Crippen LogP contribution < -0.4 is 15.0 Å². The SMILES string of the molecule is COc1cccc(-c2cc(C)cc(N(C(=O)NCCC(=O)O)C3C(=O)C=CN(C)C3=O)c2)c1. The summed E-state index contributed by atoms with van der Waals surface area (Å²) in [6.07, 6.45) is 2.29. The number of urea groups is 1. The molecule has 1 aliphatic heterocycles. The van der Waals surface area contributed by atoms with Crippen LogP contribution in [0.15, 0.2) is 54.7 Å². The Morgan fingerprint density at radius 2 is 1.91 bits per heavy atom. The molecule has 0 aromatic heterocycles. The predicted octanol–water partition coefficient (Wildman–Crippen LogP) is 2.58. The zero-order chi connectivity index (χ0) is 24.1. The van der Waals surface area contributed by atoms with E-state index in [0.29, 0.717) is 11.4 Å². The van der Waals surface area contributed by atoms with Crippen LogP contribution in [0.4, 0.5) is 10.5 Å². The third-order valence-electron chi connectivity index (χ3n) is 5.15.